The van der Waals surface area contributed by atoms with Crippen molar-refractivity contribution in [3.63, 3.8) is 0 Å². The molecule has 0 saturated carbocycles. The number of thiazole rings is 1. The molecule has 3 atom stereocenters. The molecule has 1 aliphatic carbocycles. The second kappa shape index (κ2) is 8.60. The zero-order valence-corrected chi connectivity index (χ0v) is 18.2. The van der Waals surface area contributed by atoms with Gasteiger partial charge in [0, 0.05) is 55.0 Å². The summed E-state index contributed by atoms with van der Waals surface area (Å²) in [6, 6.07) is 2.83. The number of ketones is 1. The van der Waals surface area contributed by atoms with Crippen molar-refractivity contribution in [1.29, 1.82) is 0 Å². The molecule has 9 heteroatoms. The van der Waals surface area contributed by atoms with E-state index in [0.717, 1.165) is 10.6 Å². The van der Waals surface area contributed by atoms with Crippen LogP contribution in [0.1, 0.15) is 72.5 Å². The van der Waals surface area contributed by atoms with Crippen molar-refractivity contribution in [2.24, 2.45) is 0 Å². The SMILES string of the molecule is Cc1ncsc1C(CCC(=O)[C@]1(F)CC[C@H](O)c2ncccc21)N1CCC(F)(F)CC1. The second-order valence-electron chi connectivity index (χ2n) is 8.46. The standard InChI is InChI=1S/C22H26F3N3O2S/c1-14-20(31-13-27-14)16(28-11-8-21(23,24)9-12-28)4-5-18(30)22(25)7-6-17(29)19-15(22)3-2-10-26-19/h2-3,10,13,16-17,29H,4-9,11-12H2,1H3/t16?,17-,22-/m0/s1. The van der Waals surface area contributed by atoms with Gasteiger partial charge < -0.3 is 5.11 Å². The first kappa shape index (κ1) is 22.4. The first-order valence-corrected chi connectivity index (χ1v) is 11.5. The lowest BCUT2D eigenvalue weighted by molar-refractivity contribution is -0.133. The molecule has 1 aliphatic heterocycles. The molecule has 0 amide bonds. The molecule has 0 aromatic carbocycles. The summed E-state index contributed by atoms with van der Waals surface area (Å²) >= 11 is 1.44. The van der Waals surface area contributed by atoms with E-state index in [1.54, 1.807) is 11.6 Å². The van der Waals surface area contributed by atoms with Gasteiger partial charge in [0.1, 0.15) is 0 Å². The Hall–Kier alpha value is -1.84. The molecular formula is C22H26F3N3O2S. The Morgan fingerprint density at radius 1 is 1.29 bits per heavy atom. The van der Waals surface area contributed by atoms with Crippen LogP contribution in [0.3, 0.4) is 0 Å². The normalized spacial score (nSPS) is 26.9. The highest BCUT2D eigenvalue weighted by atomic mass is 32.1. The topological polar surface area (TPSA) is 66.3 Å². The Balaban J connectivity index is 1.53. The summed E-state index contributed by atoms with van der Waals surface area (Å²) in [7, 11) is 0. The Morgan fingerprint density at radius 3 is 2.71 bits per heavy atom. The number of piperidine rings is 1. The summed E-state index contributed by atoms with van der Waals surface area (Å²) in [6.07, 6.45) is 0.491. The number of aliphatic hydroxyl groups excluding tert-OH is 1. The van der Waals surface area contributed by atoms with Crippen LogP contribution < -0.4 is 0 Å². The fourth-order valence-corrected chi connectivity index (χ4v) is 5.63. The van der Waals surface area contributed by atoms with Gasteiger partial charge in [-0.1, -0.05) is 6.07 Å². The van der Waals surface area contributed by atoms with Crippen LogP contribution in [0, 0.1) is 6.92 Å². The molecule has 168 valence electrons. The van der Waals surface area contributed by atoms with Crippen molar-refractivity contribution in [2.75, 3.05) is 13.1 Å². The maximum Gasteiger partial charge on any atom is 0.250 e. The number of fused-ring (bicyclic) bond motifs is 1. The monoisotopic (exact) mass is 453 g/mol. The molecule has 2 aromatic heterocycles. The predicted octanol–water partition coefficient (Wildman–Crippen LogP) is 4.66. The molecule has 1 fully saturated rings. The number of aromatic nitrogens is 2. The van der Waals surface area contributed by atoms with E-state index < -0.39 is 23.5 Å². The number of alkyl halides is 3. The van der Waals surface area contributed by atoms with Gasteiger partial charge in [-0.3, -0.25) is 14.7 Å². The van der Waals surface area contributed by atoms with Crippen LogP contribution in [0.4, 0.5) is 13.2 Å². The molecule has 2 aromatic rings. The Morgan fingerprint density at radius 2 is 2.03 bits per heavy atom. The van der Waals surface area contributed by atoms with Crippen LogP contribution in [-0.4, -0.2) is 44.8 Å². The third-order valence-electron chi connectivity index (χ3n) is 6.49. The lowest BCUT2D eigenvalue weighted by atomic mass is 9.77. The van der Waals surface area contributed by atoms with Gasteiger partial charge in [-0.25, -0.2) is 18.2 Å². The molecule has 31 heavy (non-hydrogen) atoms. The molecule has 0 bridgehead atoms. The van der Waals surface area contributed by atoms with E-state index in [0.29, 0.717) is 6.42 Å². The minimum absolute atomic E-state index is 0.0319. The van der Waals surface area contributed by atoms with Crippen LogP contribution in [0.5, 0.6) is 0 Å². The van der Waals surface area contributed by atoms with E-state index in [1.165, 1.54) is 23.6 Å². The highest BCUT2D eigenvalue weighted by molar-refractivity contribution is 7.09. The Labute approximate surface area is 183 Å². The van der Waals surface area contributed by atoms with Crippen molar-refractivity contribution >= 4 is 17.1 Å². The number of aliphatic hydroxyl groups is 1. The number of rotatable bonds is 6. The van der Waals surface area contributed by atoms with Crippen molar-refractivity contribution < 1.29 is 23.1 Å². The van der Waals surface area contributed by atoms with Crippen molar-refractivity contribution in [1.82, 2.24) is 14.9 Å². The molecule has 1 saturated heterocycles. The van der Waals surface area contributed by atoms with E-state index in [2.05, 4.69) is 9.97 Å². The molecule has 3 heterocycles. The highest BCUT2D eigenvalue weighted by Gasteiger charge is 2.46. The van der Waals surface area contributed by atoms with Gasteiger partial charge >= 0.3 is 0 Å². The van der Waals surface area contributed by atoms with Crippen LogP contribution in [0.2, 0.25) is 0 Å². The number of pyridine rings is 1. The number of Topliss-reactive ketones (excluding diaryl/α,β-unsaturated/α-hetero) is 1. The Bertz CT molecular complexity index is 944. The van der Waals surface area contributed by atoms with Crippen LogP contribution in [-0.2, 0) is 10.5 Å². The maximum absolute atomic E-state index is 15.9. The molecule has 1 unspecified atom stereocenters. The molecular weight excluding hydrogens is 427 g/mol. The predicted molar refractivity (Wildman–Crippen MR) is 111 cm³/mol. The first-order chi connectivity index (χ1) is 14.7. The third-order valence-corrected chi connectivity index (χ3v) is 7.52. The number of halogens is 3. The minimum Gasteiger partial charge on any atom is -0.387 e. The van der Waals surface area contributed by atoms with E-state index in [1.807, 2.05) is 11.8 Å². The van der Waals surface area contributed by atoms with Crippen molar-refractivity contribution in [2.45, 2.75) is 69.2 Å². The van der Waals surface area contributed by atoms with Gasteiger partial charge in [0.2, 0.25) is 0 Å². The van der Waals surface area contributed by atoms with Crippen molar-refractivity contribution in [3.8, 4) is 0 Å². The lowest BCUT2D eigenvalue weighted by Gasteiger charge is -2.38. The first-order valence-electron chi connectivity index (χ1n) is 10.6. The zero-order chi connectivity index (χ0) is 22.2. The van der Waals surface area contributed by atoms with Crippen LogP contribution >= 0.6 is 11.3 Å². The van der Waals surface area contributed by atoms with Gasteiger partial charge in [0.15, 0.2) is 11.5 Å². The molecule has 0 radical (unpaired) electrons. The maximum atomic E-state index is 15.9. The van der Waals surface area contributed by atoms with E-state index in [-0.39, 0.29) is 62.5 Å². The van der Waals surface area contributed by atoms with Crippen molar-refractivity contribution in [3.05, 3.63) is 45.7 Å². The smallest absolute Gasteiger partial charge is 0.250 e. The van der Waals surface area contributed by atoms with E-state index >= 15 is 4.39 Å². The fraction of sp³-hybridized carbons (Fsp3) is 0.591. The van der Waals surface area contributed by atoms with E-state index in [9.17, 15) is 18.7 Å². The Kier molecular flexibility index (Phi) is 6.20. The molecule has 0 spiro atoms. The highest BCUT2D eigenvalue weighted by Crippen LogP contribution is 2.44. The quantitative estimate of drug-likeness (QED) is 0.689. The van der Waals surface area contributed by atoms with Gasteiger partial charge in [-0.2, -0.15) is 0 Å². The number of hydrogen-bond acceptors (Lipinski definition) is 6. The number of nitrogens with zero attached hydrogens (tertiary/aromatic N) is 3. The summed E-state index contributed by atoms with van der Waals surface area (Å²) in [6.45, 7) is 2.31. The molecule has 5 nitrogen and oxygen atoms in total. The zero-order valence-electron chi connectivity index (χ0n) is 17.4. The molecule has 1 N–H and O–H groups in total. The van der Waals surface area contributed by atoms with Crippen LogP contribution in [0.25, 0.3) is 0 Å². The largest absolute Gasteiger partial charge is 0.387 e. The number of hydrogen-bond donors (Lipinski definition) is 1. The lowest BCUT2D eigenvalue weighted by Crippen LogP contribution is -2.42. The van der Waals surface area contributed by atoms with Gasteiger partial charge in [-0.05, 0) is 32.3 Å². The van der Waals surface area contributed by atoms with E-state index in [4.69, 9.17) is 0 Å². The molecule has 2 aliphatic rings. The number of carbonyl (C=O) groups is 1. The van der Waals surface area contributed by atoms with Gasteiger partial charge in [-0.15, -0.1) is 11.3 Å². The number of aryl methyl sites for hydroxylation is 1. The summed E-state index contributed by atoms with van der Waals surface area (Å²) in [5, 5.41) is 10.1. The van der Waals surface area contributed by atoms with Crippen LogP contribution in [0.15, 0.2) is 23.8 Å². The summed E-state index contributed by atoms with van der Waals surface area (Å²) < 4.78 is 43.3. The molecule has 4 rings (SSSR count). The fourth-order valence-electron chi connectivity index (χ4n) is 4.65. The number of likely N-dealkylation sites (tertiary alicyclic amines) is 1. The van der Waals surface area contributed by atoms with Gasteiger partial charge in [0.05, 0.1) is 23.0 Å². The summed E-state index contributed by atoms with van der Waals surface area (Å²) in [5.41, 5.74) is 0.689. The second-order valence-corrected chi connectivity index (χ2v) is 9.35. The average molecular weight is 454 g/mol. The van der Waals surface area contributed by atoms with Gasteiger partial charge in [0.25, 0.3) is 5.92 Å². The third kappa shape index (κ3) is 4.40. The number of carbonyl (C=O) groups excluding carboxylic acids is 1. The minimum atomic E-state index is -2.66. The average Bonchev–Trinajstić information content (AvgIpc) is 3.17. The summed E-state index contributed by atoms with van der Waals surface area (Å²) in [4.78, 5) is 24.4. The summed E-state index contributed by atoms with van der Waals surface area (Å²) in [5.74, 6) is -3.22.